The first-order valence-electron chi connectivity index (χ1n) is 14.8. The van der Waals surface area contributed by atoms with Crippen LogP contribution >= 0.6 is 11.6 Å². The zero-order valence-corrected chi connectivity index (χ0v) is 28.0. The van der Waals surface area contributed by atoms with Gasteiger partial charge in [-0.2, -0.15) is 0 Å². The molecule has 13 heteroatoms. The number of esters is 1. The van der Waals surface area contributed by atoms with Crippen molar-refractivity contribution in [2.24, 2.45) is 0 Å². The quantitative estimate of drug-likeness (QED) is 0.171. The smallest absolute Gasteiger partial charge is 0.408 e. The van der Waals surface area contributed by atoms with Gasteiger partial charge in [0, 0.05) is 5.69 Å². The summed E-state index contributed by atoms with van der Waals surface area (Å²) in [6.07, 6.45) is -0.681. The van der Waals surface area contributed by atoms with E-state index >= 15 is 0 Å². The first kappa shape index (κ1) is 34.8. The van der Waals surface area contributed by atoms with Crippen LogP contribution in [-0.2, 0) is 14.3 Å². The van der Waals surface area contributed by atoms with Crippen molar-refractivity contribution in [2.45, 2.75) is 65.7 Å². The van der Waals surface area contributed by atoms with Gasteiger partial charge >= 0.3 is 18.1 Å². The highest BCUT2D eigenvalue weighted by molar-refractivity contribution is 6.35. The van der Waals surface area contributed by atoms with E-state index in [-0.39, 0.29) is 28.6 Å². The number of para-hydroxylation sites is 2. The van der Waals surface area contributed by atoms with E-state index < -0.39 is 40.9 Å². The van der Waals surface area contributed by atoms with Crippen molar-refractivity contribution < 1.29 is 28.6 Å². The molecule has 0 aliphatic rings. The van der Waals surface area contributed by atoms with Crippen LogP contribution in [0.1, 0.15) is 60.3 Å². The van der Waals surface area contributed by atoms with Crippen LogP contribution in [0.3, 0.4) is 0 Å². The highest BCUT2D eigenvalue weighted by atomic mass is 35.5. The van der Waals surface area contributed by atoms with Gasteiger partial charge in [-0.1, -0.05) is 35.9 Å². The maximum absolute atomic E-state index is 13.9. The lowest BCUT2D eigenvalue weighted by atomic mass is 10.2. The summed E-state index contributed by atoms with van der Waals surface area (Å²) in [5.41, 5.74) is -0.495. The van der Waals surface area contributed by atoms with E-state index in [1.54, 1.807) is 115 Å². The molecular weight excluding hydrogens is 626 g/mol. The lowest BCUT2D eigenvalue weighted by Gasteiger charge is -2.23. The SMILES string of the molecule is CC(NC(=O)OC(C)(C)C)c1nc2cccc(Cl)c2c(=O)n1-c1cccc(NC(=O)Nc2ccccc2OCC(=O)OC(C)(C)C)c1. The van der Waals surface area contributed by atoms with Crippen LogP contribution in [-0.4, -0.2) is 45.5 Å². The lowest BCUT2D eigenvalue weighted by molar-refractivity contribution is -0.157. The summed E-state index contributed by atoms with van der Waals surface area (Å²) in [6, 6.07) is 16.7. The van der Waals surface area contributed by atoms with E-state index in [9.17, 15) is 19.2 Å². The number of benzene rings is 3. The van der Waals surface area contributed by atoms with E-state index in [0.29, 0.717) is 22.6 Å². The van der Waals surface area contributed by atoms with Gasteiger partial charge in [0.25, 0.3) is 5.56 Å². The maximum atomic E-state index is 13.9. The minimum Gasteiger partial charge on any atom is -0.480 e. The molecule has 4 aromatic rings. The van der Waals surface area contributed by atoms with Crippen LogP contribution in [0.4, 0.5) is 21.0 Å². The number of anilines is 2. The van der Waals surface area contributed by atoms with Crippen LogP contribution in [0.25, 0.3) is 16.6 Å². The summed E-state index contributed by atoms with van der Waals surface area (Å²) in [4.78, 5) is 56.5. The Kier molecular flexibility index (Phi) is 10.4. The Balaban J connectivity index is 1.61. The number of carbonyl (C=O) groups excluding carboxylic acids is 3. The van der Waals surface area contributed by atoms with Gasteiger partial charge in [0.05, 0.1) is 33.3 Å². The lowest BCUT2D eigenvalue weighted by Crippen LogP contribution is -2.37. The summed E-state index contributed by atoms with van der Waals surface area (Å²) in [5, 5.41) is 8.62. The van der Waals surface area contributed by atoms with Gasteiger partial charge in [-0.15, -0.1) is 0 Å². The second kappa shape index (κ2) is 14.1. The molecule has 12 nitrogen and oxygen atoms in total. The Morgan fingerprint density at radius 1 is 0.894 bits per heavy atom. The normalized spacial score (nSPS) is 12.2. The number of rotatable bonds is 8. The highest BCUT2D eigenvalue weighted by Gasteiger charge is 2.24. The third-order valence-corrected chi connectivity index (χ3v) is 6.57. The molecule has 0 saturated heterocycles. The van der Waals surface area contributed by atoms with Crippen molar-refractivity contribution in [3.8, 4) is 11.4 Å². The zero-order chi connectivity index (χ0) is 34.5. The molecule has 47 heavy (non-hydrogen) atoms. The zero-order valence-electron chi connectivity index (χ0n) is 27.3. The van der Waals surface area contributed by atoms with Gasteiger partial charge in [0.15, 0.2) is 6.61 Å². The number of alkyl carbamates (subject to hydrolysis) is 1. The van der Waals surface area contributed by atoms with Crippen molar-refractivity contribution in [3.05, 3.63) is 87.9 Å². The van der Waals surface area contributed by atoms with E-state index in [1.165, 1.54) is 4.57 Å². The molecule has 1 unspecified atom stereocenters. The van der Waals surface area contributed by atoms with Crippen LogP contribution in [0.2, 0.25) is 5.02 Å². The van der Waals surface area contributed by atoms with Gasteiger partial charge in [-0.25, -0.2) is 19.4 Å². The molecule has 0 aliphatic heterocycles. The molecule has 0 spiro atoms. The Morgan fingerprint density at radius 2 is 1.57 bits per heavy atom. The van der Waals surface area contributed by atoms with E-state index in [0.717, 1.165) is 0 Å². The number of nitrogens with zero attached hydrogens (tertiary/aromatic N) is 2. The molecule has 4 rings (SSSR count). The summed E-state index contributed by atoms with van der Waals surface area (Å²) in [6.45, 7) is 11.8. The minimum absolute atomic E-state index is 0.196. The molecule has 3 aromatic carbocycles. The van der Waals surface area contributed by atoms with E-state index in [1.807, 2.05) is 0 Å². The van der Waals surface area contributed by atoms with Crippen LogP contribution < -0.4 is 26.2 Å². The van der Waals surface area contributed by atoms with Crippen molar-refractivity contribution >= 4 is 52.0 Å². The number of amides is 3. The number of hydrogen-bond acceptors (Lipinski definition) is 8. The fourth-order valence-electron chi connectivity index (χ4n) is 4.51. The summed E-state index contributed by atoms with van der Waals surface area (Å²) >= 11 is 6.42. The Hall–Kier alpha value is -5.10. The number of nitrogens with one attached hydrogen (secondary N) is 3. The molecule has 248 valence electrons. The number of urea groups is 1. The molecule has 3 amide bonds. The molecule has 3 N–H and O–H groups in total. The van der Waals surface area contributed by atoms with Crippen LogP contribution in [0.5, 0.6) is 5.75 Å². The number of carbonyl (C=O) groups is 3. The van der Waals surface area contributed by atoms with Crippen molar-refractivity contribution in [3.63, 3.8) is 0 Å². The third kappa shape index (κ3) is 9.46. The predicted molar refractivity (Wildman–Crippen MR) is 181 cm³/mol. The molecule has 1 atom stereocenters. The topological polar surface area (TPSA) is 150 Å². The average Bonchev–Trinajstić information content (AvgIpc) is 2.94. The molecule has 1 heterocycles. The summed E-state index contributed by atoms with van der Waals surface area (Å²) in [5.74, 6) is -0.0689. The molecule has 1 aromatic heterocycles. The number of halogens is 1. The minimum atomic E-state index is -0.766. The second-order valence-corrected chi connectivity index (χ2v) is 13.0. The molecular formula is C34H38ClN5O7. The first-order valence-corrected chi connectivity index (χ1v) is 15.2. The van der Waals surface area contributed by atoms with Gasteiger partial charge in [0.1, 0.15) is 22.8 Å². The fraction of sp³-hybridized carbons (Fsp3) is 0.324. The first-order chi connectivity index (χ1) is 22.0. The third-order valence-electron chi connectivity index (χ3n) is 6.26. The Morgan fingerprint density at radius 3 is 2.28 bits per heavy atom. The standard InChI is InChI=1S/C34H38ClN5O7/c1-20(36-32(44)47-34(5,6)7)29-38-25-16-11-14-23(35)28(25)30(42)40(29)22-13-10-12-21(18-22)37-31(43)39-24-15-8-9-17-26(24)45-19-27(41)46-33(2,3)4/h8-18,20H,19H2,1-7H3,(H,36,44)(H2,37,39,43). The summed E-state index contributed by atoms with van der Waals surface area (Å²) in [7, 11) is 0. The predicted octanol–water partition coefficient (Wildman–Crippen LogP) is 6.99. The molecule has 0 fully saturated rings. The Labute approximate surface area is 277 Å². The molecule has 0 bridgehead atoms. The number of aromatic nitrogens is 2. The van der Waals surface area contributed by atoms with Gasteiger partial charge in [-0.3, -0.25) is 9.36 Å². The highest BCUT2D eigenvalue weighted by Crippen LogP contribution is 2.26. The van der Waals surface area contributed by atoms with E-state index in [4.69, 9.17) is 25.8 Å². The number of ether oxygens (including phenoxy) is 3. The van der Waals surface area contributed by atoms with Crippen LogP contribution in [0.15, 0.2) is 71.5 Å². The summed E-state index contributed by atoms with van der Waals surface area (Å²) < 4.78 is 17.6. The second-order valence-electron chi connectivity index (χ2n) is 12.6. The van der Waals surface area contributed by atoms with Crippen molar-refractivity contribution in [2.75, 3.05) is 17.2 Å². The number of hydrogen-bond donors (Lipinski definition) is 3. The molecule has 0 saturated carbocycles. The largest absolute Gasteiger partial charge is 0.480 e. The average molecular weight is 664 g/mol. The molecule has 0 aliphatic carbocycles. The van der Waals surface area contributed by atoms with Gasteiger partial charge < -0.3 is 30.2 Å². The maximum Gasteiger partial charge on any atom is 0.408 e. The van der Waals surface area contributed by atoms with Crippen LogP contribution in [0, 0.1) is 0 Å². The fourth-order valence-corrected chi connectivity index (χ4v) is 4.76. The van der Waals surface area contributed by atoms with Crippen molar-refractivity contribution in [1.29, 1.82) is 0 Å². The molecule has 0 radical (unpaired) electrons. The Bertz CT molecular complexity index is 1860. The van der Waals surface area contributed by atoms with Gasteiger partial charge in [-0.05, 0) is 90.9 Å². The number of fused-ring (bicyclic) bond motifs is 1. The van der Waals surface area contributed by atoms with Crippen molar-refractivity contribution in [1.82, 2.24) is 14.9 Å². The van der Waals surface area contributed by atoms with E-state index in [2.05, 4.69) is 20.9 Å². The van der Waals surface area contributed by atoms with Gasteiger partial charge in [0.2, 0.25) is 0 Å². The monoisotopic (exact) mass is 663 g/mol.